The lowest BCUT2D eigenvalue weighted by molar-refractivity contribution is 0.102. The molecule has 0 atom stereocenters. The second-order valence-corrected chi connectivity index (χ2v) is 5.49. The molecule has 0 unspecified atom stereocenters. The van der Waals surface area contributed by atoms with Crippen LogP contribution in [-0.4, -0.2) is 11.0 Å². The number of halogens is 2. The Balaban J connectivity index is 1.85. The van der Waals surface area contributed by atoms with Gasteiger partial charge < -0.3 is 14.8 Å². The molecular weight excluding hydrogens is 333 g/mol. The molecule has 3 aromatic rings. The summed E-state index contributed by atoms with van der Waals surface area (Å²) in [5.41, 5.74) is 1.45. The minimum absolute atomic E-state index is 0.210. The molecule has 0 saturated carbocycles. The van der Waals surface area contributed by atoms with E-state index in [2.05, 4.69) is 5.32 Å². The van der Waals surface area contributed by atoms with Crippen LogP contribution in [0, 0.1) is 5.82 Å². The summed E-state index contributed by atoms with van der Waals surface area (Å²) in [5.74, 6) is 0.139. The van der Waals surface area contributed by atoms with E-state index in [-0.39, 0.29) is 12.5 Å². The van der Waals surface area contributed by atoms with Gasteiger partial charge in [0.05, 0.1) is 5.02 Å². The number of aliphatic hydroxyl groups is 1. The molecule has 0 bridgehead atoms. The van der Waals surface area contributed by atoms with Crippen molar-refractivity contribution >= 4 is 23.2 Å². The third-order valence-electron chi connectivity index (χ3n) is 3.41. The van der Waals surface area contributed by atoms with Crippen LogP contribution in [0.15, 0.2) is 59.0 Å². The van der Waals surface area contributed by atoms with Crippen molar-refractivity contribution in [3.8, 4) is 11.3 Å². The van der Waals surface area contributed by atoms with Crippen molar-refractivity contribution < 1.29 is 18.7 Å². The molecule has 0 aliphatic rings. The monoisotopic (exact) mass is 345 g/mol. The van der Waals surface area contributed by atoms with Gasteiger partial charge in [-0.2, -0.15) is 0 Å². The fourth-order valence-corrected chi connectivity index (χ4v) is 2.41. The number of furan rings is 1. The maximum absolute atomic E-state index is 12.9. The van der Waals surface area contributed by atoms with Crippen molar-refractivity contribution in [2.24, 2.45) is 0 Å². The first-order valence-corrected chi connectivity index (χ1v) is 7.51. The van der Waals surface area contributed by atoms with Crippen LogP contribution in [0.1, 0.15) is 16.1 Å². The molecule has 0 aliphatic carbocycles. The van der Waals surface area contributed by atoms with Crippen LogP contribution < -0.4 is 5.32 Å². The molecule has 4 nitrogen and oxygen atoms in total. The van der Waals surface area contributed by atoms with Gasteiger partial charge in [0.1, 0.15) is 23.9 Å². The molecule has 0 radical (unpaired) electrons. The molecule has 2 aromatic carbocycles. The first-order chi connectivity index (χ1) is 11.6. The summed E-state index contributed by atoms with van der Waals surface area (Å²) in [7, 11) is 0. The van der Waals surface area contributed by atoms with Gasteiger partial charge in [0.15, 0.2) is 0 Å². The zero-order valence-electron chi connectivity index (χ0n) is 12.4. The fourth-order valence-electron chi connectivity index (χ4n) is 2.20. The molecule has 0 saturated heterocycles. The lowest BCUT2D eigenvalue weighted by Gasteiger charge is -2.08. The van der Waals surface area contributed by atoms with Crippen molar-refractivity contribution in [3.05, 3.63) is 76.8 Å². The summed E-state index contributed by atoms with van der Waals surface area (Å²) >= 11 is 6.18. The molecule has 122 valence electrons. The smallest absolute Gasteiger partial charge is 0.255 e. The number of hydrogen-bond acceptors (Lipinski definition) is 3. The van der Waals surface area contributed by atoms with Crippen LogP contribution >= 0.6 is 11.6 Å². The van der Waals surface area contributed by atoms with Crippen LogP contribution in [0.2, 0.25) is 5.02 Å². The number of carbonyl (C=O) groups excluding carboxylic acids is 1. The van der Waals surface area contributed by atoms with E-state index < -0.39 is 5.82 Å². The van der Waals surface area contributed by atoms with E-state index in [1.54, 1.807) is 30.3 Å². The van der Waals surface area contributed by atoms with Crippen LogP contribution in [0.3, 0.4) is 0 Å². The number of aliphatic hydroxyl groups excluding tert-OH is 1. The molecule has 1 aromatic heterocycles. The summed E-state index contributed by atoms with van der Waals surface area (Å²) in [6, 6.07) is 13.6. The lowest BCUT2D eigenvalue weighted by atomic mass is 10.1. The number of benzene rings is 2. The Labute approximate surface area is 142 Å². The highest BCUT2D eigenvalue weighted by Crippen LogP contribution is 2.32. The molecule has 2 N–H and O–H groups in total. The molecule has 1 amide bonds. The van der Waals surface area contributed by atoms with Crippen molar-refractivity contribution in [2.45, 2.75) is 6.61 Å². The third kappa shape index (κ3) is 3.48. The van der Waals surface area contributed by atoms with Gasteiger partial charge in [-0.15, -0.1) is 0 Å². The van der Waals surface area contributed by atoms with Crippen LogP contribution in [0.5, 0.6) is 0 Å². The summed E-state index contributed by atoms with van der Waals surface area (Å²) in [5, 5.41) is 12.3. The zero-order valence-corrected chi connectivity index (χ0v) is 13.2. The van der Waals surface area contributed by atoms with Gasteiger partial charge >= 0.3 is 0 Å². The summed E-state index contributed by atoms with van der Waals surface area (Å²) in [6.45, 7) is -0.210. The van der Waals surface area contributed by atoms with Gasteiger partial charge in [-0.25, -0.2) is 4.39 Å². The van der Waals surface area contributed by atoms with Crippen LogP contribution in [0.4, 0.5) is 10.1 Å². The summed E-state index contributed by atoms with van der Waals surface area (Å²) in [4.78, 5) is 12.2. The SMILES string of the molecule is O=C(Nc1ccc(Cl)c(-c2ccc(CO)o2)c1)c1ccc(F)cc1. The average Bonchev–Trinajstić information content (AvgIpc) is 3.06. The molecule has 6 heteroatoms. The van der Waals surface area contributed by atoms with Crippen molar-refractivity contribution in [3.63, 3.8) is 0 Å². The van der Waals surface area contributed by atoms with E-state index in [0.29, 0.717) is 33.4 Å². The summed E-state index contributed by atoms with van der Waals surface area (Å²) in [6.07, 6.45) is 0. The molecule has 24 heavy (non-hydrogen) atoms. The standard InChI is InChI=1S/C18H13ClFNO3/c19-16-7-5-13(9-15(16)17-8-6-14(10-22)24-17)21-18(23)11-1-3-12(20)4-2-11/h1-9,22H,10H2,(H,21,23). The fraction of sp³-hybridized carbons (Fsp3) is 0.0556. The predicted octanol–water partition coefficient (Wildman–Crippen LogP) is 4.48. The number of nitrogens with one attached hydrogen (secondary N) is 1. The molecule has 0 aliphatic heterocycles. The van der Waals surface area contributed by atoms with Crippen molar-refractivity contribution in [1.29, 1.82) is 0 Å². The predicted molar refractivity (Wildman–Crippen MR) is 89.4 cm³/mol. The maximum Gasteiger partial charge on any atom is 0.255 e. The Hall–Kier alpha value is -2.63. The van der Waals surface area contributed by atoms with E-state index in [4.69, 9.17) is 21.1 Å². The number of anilines is 1. The normalized spacial score (nSPS) is 10.6. The maximum atomic E-state index is 12.9. The van der Waals surface area contributed by atoms with E-state index in [9.17, 15) is 9.18 Å². The molecule has 1 heterocycles. The molecule has 3 rings (SSSR count). The molecule has 0 fully saturated rings. The van der Waals surface area contributed by atoms with E-state index in [1.807, 2.05) is 0 Å². The van der Waals surface area contributed by atoms with E-state index in [0.717, 1.165) is 0 Å². The second kappa shape index (κ2) is 6.86. The quantitative estimate of drug-likeness (QED) is 0.732. The number of hydrogen-bond donors (Lipinski definition) is 2. The number of carbonyl (C=O) groups is 1. The van der Waals surface area contributed by atoms with Crippen LogP contribution in [0.25, 0.3) is 11.3 Å². The third-order valence-corrected chi connectivity index (χ3v) is 3.74. The average molecular weight is 346 g/mol. The topological polar surface area (TPSA) is 62.5 Å². The Morgan fingerprint density at radius 2 is 1.88 bits per heavy atom. The molecule has 0 spiro atoms. The van der Waals surface area contributed by atoms with Gasteiger partial charge in [-0.3, -0.25) is 4.79 Å². The van der Waals surface area contributed by atoms with Gasteiger partial charge in [0, 0.05) is 16.8 Å². The highest BCUT2D eigenvalue weighted by atomic mass is 35.5. The number of amides is 1. The minimum Gasteiger partial charge on any atom is -0.459 e. The van der Waals surface area contributed by atoms with E-state index in [1.165, 1.54) is 24.3 Å². The first-order valence-electron chi connectivity index (χ1n) is 7.13. The Kier molecular flexibility index (Phi) is 4.64. The Bertz CT molecular complexity index is 874. The van der Waals surface area contributed by atoms with Gasteiger partial charge in [-0.1, -0.05) is 11.6 Å². The van der Waals surface area contributed by atoms with Crippen LogP contribution in [-0.2, 0) is 6.61 Å². The van der Waals surface area contributed by atoms with Crippen molar-refractivity contribution in [2.75, 3.05) is 5.32 Å². The minimum atomic E-state index is -0.405. The Morgan fingerprint density at radius 1 is 1.12 bits per heavy atom. The van der Waals surface area contributed by atoms with Crippen molar-refractivity contribution in [1.82, 2.24) is 0 Å². The van der Waals surface area contributed by atoms with Gasteiger partial charge in [-0.05, 0) is 54.6 Å². The van der Waals surface area contributed by atoms with Gasteiger partial charge in [0.2, 0.25) is 0 Å². The first kappa shape index (κ1) is 16.2. The largest absolute Gasteiger partial charge is 0.459 e. The summed E-state index contributed by atoms with van der Waals surface area (Å²) < 4.78 is 18.4. The van der Waals surface area contributed by atoms with E-state index >= 15 is 0 Å². The zero-order chi connectivity index (χ0) is 17.1. The second-order valence-electron chi connectivity index (χ2n) is 5.08. The Morgan fingerprint density at radius 3 is 2.54 bits per heavy atom. The van der Waals surface area contributed by atoms with Gasteiger partial charge in [0.25, 0.3) is 5.91 Å². The highest BCUT2D eigenvalue weighted by Gasteiger charge is 2.12. The highest BCUT2D eigenvalue weighted by molar-refractivity contribution is 6.33. The molecular formula is C18H13ClFNO3. The number of rotatable bonds is 4. The lowest BCUT2D eigenvalue weighted by Crippen LogP contribution is -2.11.